The Morgan fingerprint density at radius 1 is 1.40 bits per heavy atom. The molecule has 0 bridgehead atoms. The fraction of sp³-hybridized carbons (Fsp3) is 0.500. The van der Waals surface area contributed by atoms with Crippen LogP contribution >= 0.6 is 0 Å². The molecule has 2 heterocycles. The molecule has 1 N–H and O–H groups in total. The average Bonchev–Trinajstić information content (AvgIpc) is 3.21. The molecule has 1 aromatic carbocycles. The molecule has 3 rings (SSSR count). The number of hydrogen-bond acceptors (Lipinski definition) is 3. The molecule has 1 fully saturated rings. The Balaban J connectivity index is 1.68. The maximum absolute atomic E-state index is 12.3. The van der Waals surface area contributed by atoms with Gasteiger partial charge in [-0.1, -0.05) is 26.0 Å². The normalized spacial score (nSPS) is 18.0. The molecule has 25 heavy (non-hydrogen) atoms. The van der Waals surface area contributed by atoms with Crippen molar-refractivity contribution in [2.75, 3.05) is 13.1 Å². The van der Waals surface area contributed by atoms with E-state index in [9.17, 15) is 4.79 Å². The van der Waals surface area contributed by atoms with Crippen LogP contribution in [0.1, 0.15) is 54.2 Å². The maximum atomic E-state index is 12.3. The SMILES string of the molecule is CC(C)CNC(=O)c1cccc(CN2CCCC2c2cnn(C)c2)c1. The first-order valence-electron chi connectivity index (χ1n) is 9.12. The number of carbonyl (C=O) groups excluding carboxylic acids is 1. The number of rotatable bonds is 6. The summed E-state index contributed by atoms with van der Waals surface area (Å²) in [5, 5.41) is 7.30. The van der Waals surface area contributed by atoms with Crippen LogP contribution in [-0.2, 0) is 13.6 Å². The third-order valence-electron chi connectivity index (χ3n) is 4.72. The summed E-state index contributed by atoms with van der Waals surface area (Å²) in [6.45, 7) is 6.86. The van der Waals surface area contributed by atoms with E-state index in [1.54, 1.807) is 0 Å². The Bertz CT molecular complexity index is 722. The molecule has 1 aromatic heterocycles. The first-order valence-corrected chi connectivity index (χ1v) is 9.12. The molecule has 1 atom stereocenters. The van der Waals surface area contributed by atoms with Crippen molar-refractivity contribution in [1.82, 2.24) is 20.0 Å². The molecule has 1 aliphatic rings. The monoisotopic (exact) mass is 340 g/mol. The number of aromatic nitrogens is 2. The summed E-state index contributed by atoms with van der Waals surface area (Å²) in [5.74, 6) is 0.470. The minimum Gasteiger partial charge on any atom is -0.352 e. The lowest BCUT2D eigenvalue weighted by molar-refractivity contribution is 0.0949. The highest BCUT2D eigenvalue weighted by Crippen LogP contribution is 2.32. The van der Waals surface area contributed by atoms with Crippen molar-refractivity contribution in [3.8, 4) is 0 Å². The van der Waals surface area contributed by atoms with Crippen molar-refractivity contribution in [1.29, 1.82) is 0 Å². The summed E-state index contributed by atoms with van der Waals surface area (Å²) in [5.41, 5.74) is 3.22. The minimum absolute atomic E-state index is 0.0146. The summed E-state index contributed by atoms with van der Waals surface area (Å²) >= 11 is 0. The zero-order chi connectivity index (χ0) is 17.8. The van der Waals surface area contributed by atoms with Crippen molar-refractivity contribution >= 4 is 5.91 Å². The van der Waals surface area contributed by atoms with E-state index in [0.717, 1.165) is 18.7 Å². The molecule has 5 nitrogen and oxygen atoms in total. The fourth-order valence-corrected chi connectivity index (χ4v) is 3.45. The fourth-order valence-electron chi connectivity index (χ4n) is 3.45. The van der Waals surface area contributed by atoms with Crippen molar-refractivity contribution in [2.45, 2.75) is 39.3 Å². The summed E-state index contributed by atoms with van der Waals surface area (Å²) < 4.78 is 1.87. The third kappa shape index (κ3) is 4.48. The predicted molar refractivity (Wildman–Crippen MR) is 99.2 cm³/mol. The molecule has 1 unspecified atom stereocenters. The molecule has 1 saturated heterocycles. The van der Waals surface area contributed by atoms with Crippen LogP contribution in [0.5, 0.6) is 0 Å². The van der Waals surface area contributed by atoms with Gasteiger partial charge in [0.1, 0.15) is 0 Å². The van der Waals surface area contributed by atoms with Crippen LogP contribution in [0, 0.1) is 5.92 Å². The van der Waals surface area contributed by atoms with Crippen LogP contribution in [0.2, 0.25) is 0 Å². The second-order valence-electron chi connectivity index (χ2n) is 7.38. The Hall–Kier alpha value is -2.14. The number of benzene rings is 1. The lowest BCUT2D eigenvalue weighted by atomic mass is 10.1. The molecule has 2 aromatic rings. The van der Waals surface area contributed by atoms with E-state index in [1.807, 2.05) is 36.1 Å². The van der Waals surface area contributed by atoms with Crippen LogP contribution < -0.4 is 5.32 Å². The van der Waals surface area contributed by atoms with E-state index < -0.39 is 0 Å². The van der Waals surface area contributed by atoms with Gasteiger partial charge in [-0.25, -0.2) is 0 Å². The Morgan fingerprint density at radius 2 is 2.24 bits per heavy atom. The molecule has 5 heteroatoms. The Morgan fingerprint density at radius 3 is 2.96 bits per heavy atom. The molecule has 0 spiro atoms. The topological polar surface area (TPSA) is 50.2 Å². The first-order chi connectivity index (χ1) is 12.0. The summed E-state index contributed by atoms with van der Waals surface area (Å²) in [6.07, 6.45) is 6.45. The number of hydrogen-bond donors (Lipinski definition) is 1. The number of nitrogens with zero attached hydrogens (tertiary/aromatic N) is 3. The van der Waals surface area contributed by atoms with Crippen molar-refractivity contribution in [2.24, 2.45) is 13.0 Å². The summed E-state index contributed by atoms with van der Waals surface area (Å²) in [7, 11) is 1.96. The molecular weight excluding hydrogens is 312 g/mol. The number of carbonyl (C=O) groups is 1. The van der Waals surface area contributed by atoms with Gasteiger partial charge >= 0.3 is 0 Å². The van der Waals surface area contributed by atoms with Crippen LogP contribution in [-0.4, -0.2) is 33.7 Å². The third-order valence-corrected chi connectivity index (χ3v) is 4.72. The standard InChI is InChI=1S/C20H28N4O/c1-15(2)11-21-20(25)17-7-4-6-16(10-17)13-24-9-5-8-19(24)18-12-22-23(3)14-18/h4,6-7,10,12,14-15,19H,5,8-9,11,13H2,1-3H3,(H,21,25). The van der Waals surface area contributed by atoms with Gasteiger partial charge in [-0.3, -0.25) is 14.4 Å². The molecule has 1 aliphatic heterocycles. The quantitative estimate of drug-likeness (QED) is 0.879. The van der Waals surface area contributed by atoms with Gasteiger partial charge < -0.3 is 5.32 Å². The molecule has 134 valence electrons. The van der Waals surface area contributed by atoms with Crippen LogP contribution in [0.4, 0.5) is 0 Å². The highest BCUT2D eigenvalue weighted by Gasteiger charge is 2.27. The van der Waals surface area contributed by atoms with Crippen LogP contribution in [0.15, 0.2) is 36.7 Å². The van der Waals surface area contributed by atoms with Gasteiger partial charge in [-0.15, -0.1) is 0 Å². The number of likely N-dealkylation sites (tertiary alicyclic amines) is 1. The van der Waals surface area contributed by atoms with E-state index >= 15 is 0 Å². The van der Waals surface area contributed by atoms with E-state index in [0.29, 0.717) is 18.5 Å². The molecular formula is C20H28N4O. The first kappa shape index (κ1) is 17.7. The lowest BCUT2D eigenvalue weighted by Crippen LogP contribution is -2.27. The predicted octanol–water partition coefficient (Wildman–Crippen LogP) is 3.14. The van der Waals surface area contributed by atoms with Crippen molar-refractivity contribution < 1.29 is 4.79 Å². The van der Waals surface area contributed by atoms with Gasteiger partial charge in [0.05, 0.1) is 6.20 Å². The zero-order valence-corrected chi connectivity index (χ0v) is 15.4. The number of amides is 1. The van der Waals surface area contributed by atoms with Gasteiger partial charge in [0.15, 0.2) is 0 Å². The molecule has 0 saturated carbocycles. The molecule has 0 aliphatic carbocycles. The van der Waals surface area contributed by atoms with Crippen LogP contribution in [0.25, 0.3) is 0 Å². The smallest absolute Gasteiger partial charge is 0.251 e. The molecule has 1 amide bonds. The van der Waals surface area contributed by atoms with E-state index in [4.69, 9.17) is 0 Å². The van der Waals surface area contributed by atoms with Gasteiger partial charge in [0, 0.05) is 43.5 Å². The average molecular weight is 340 g/mol. The molecule has 0 radical (unpaired) electrons. The summed E-state index contributed by atoms with van der Waals surface area (Å²) in [6, 6.07) is 8.43. The number of aryl methyl sites for hydroxylation is 1. The lowest BCUT2D eigenvalue weighted by Gasteiger charge is -2.23. The second-order valence-corrected chi connectivity index (χ2v) is 7.38. The Labute approximate surface area is 150 Å². The minimum atomic E-state index is 0.0146. The summed E-state index contributed by atoms with van der Waals surface area (Å²) in [4.78, 5) is 14.8. The van der Waals surface area contributed by atoms with Crippen LogP contribution in [0.3, 0.4) is 0 Å². The van der Waals surface area contributed by atoms with Gasteiger partial charge in [0.2, 0.25) is 0 Å². The van der Waals surface area contributed by atoms with E-state index in [2.05, 4.69) is 41.4 Å². The van der Waals surface area contributed by atoms with E-state index in [-0.39, 0.29) is 5.91 Å². The van der Waals surface area contributed by atoms with Crippen molar-refractivity contribution in [3.05, 3.63) is 53.3 Å². The highest BCUT2D eigenvalue weighted by atomic mass is 16.1. The van der Waals surface area contributed by atoms with Crippen molar-refractivity contribution in [3.63, 3.8) is 0 Å². The second kappa shape index (κ2) is 7.83. The zero-order valence-electron chi connectivity index (χ0n) is 15.4. The number of nitrogens with one attached hydrogen (secondary N) is 1. The van der Waals surface area contributed by atoms with Gasteiger partial charge in [-0.2, -0.15) is 5.10 Å². The van der Waals surface area contributed by atoms with E-state index in [1.165, 1.54) is 24.0 Å². The van der Waals surface area contributed by atoms with Gasteiger partial charge in [-0.05, 0) is 43.0 Å². The maximum Gasteiger partial charge on any atom is 0.251 e. The van der Waals surface area contributed by atoms with Gasteiger partial charge in [0.25, 0.3) is 5.91 Å². The highest BCUT2D eigenvalue weighted by molar-refractivity contribution is 5.94. The Kier molecular flexibility index (Phi) is 5.53. The largest absolute Gasteiger partial charge is 0.352 e.